The molecule has 1 saturated heterocycles. The molecule has 0 aromatic heterocycles. The minimum absolute atomic E-state index is 0.345. The lowest BCUT2D eigenvalue weighted by Crippen LogP contribution is -2.45. The van der Waals surface area contributed by atoms with Crippen LogP contribution in [-0.4, -0.2) is 25.0 Å². The van der Waals surface area contributed by atoms with E-state index >= 15 is 0 Å². The number of piperidine rings is 1. The number of hydrogen-bond donors (Lipinski definition) is 0. The predicted molar refractivity (Wildman–Crippen MR) is 79.2 cm³/mol. The molecular weight excluding hydrogens is 218 g/mol. The number of hydrogen-bond acceptors (Lipinski definition) is 1. The van der Waals surface area contributed by atoms with Gasteiger partial charge in [0.15, 0.2) is 0 Å². The molecule has 1 aromatic rings. The predicted octanol–water partition coefficient (Wildman–Crippen LogP) is 4.04. The second kappa shape index (κ2) is 5.05. The number of benzene rings is 1. The van der Waals surface area contributed by atoms with E-state index in [1.165, 1.54) is 30.6 Å². The lowest BCUT2D eigenvalue weighted by Gasteiger charge is -2.44. The SMILES string of the molecule is CC(C)c1cccc(C2(C)CCN(C)CC2C)c1. The van der Waals surface area contributed by atoms with Gasteiger partial charge >= 0.3 is 0 Å². The summed E-state index contributed by atoms with van der Waals surface area (Å²) in [6.07, 6.45) is 1.27. The third kappa shape index (κ3) is 2.47. The Balaban J connectivity index is 2.32. The summed E-state index contributed by atoms with van der Waals surface area (Å²) >= 11 is 0. The molecular formula is C17H27N. The van der Waals surface area contributed by atoms with Crippen LogP contribution in [0.4, 0.5) is 0 Å². The first-order chi connectivity index (χ1) is 8.43. The molecule has 0 N–H and O–H groups in total. The quantitative estimate of drug-likeness (QED) is 0.760. The van der Waals surface area contributed by atoms with Gasteiger partial charge in [0.1, 0.15) is 0 Å². The van der Waals surface area contributed by atoms with E-state index in [4.69, 9.17) is 0 Å². The summed E-state index contributed by atoms with van der Waals surface area (Å²) in [5, 5.41) is 0. The molecule has 0 bridgehead atoms. The average molecular weight is 245 g/mol. The van der Waals surface area contributed by atoms with Crippen LogP contribution < -0.4 is 0 Å². The van der Waals surface area contributed by atoms with Crippen molar-refractivity contribution < 1.29 is 0 Å². The molecule has 1 nitrogen and oxygen atoms in total. The van der Waals surface area contributed by atoms with Gasteiger partial charge in [0.25, 0.3) is 0 Å². The first kappa shape index (κ1) is 13.6. The number of likely N-dealkylation sites (tertiary alicyclic amines) is 1. The van der Waals surface area contributed by atoms with Crippen molar-refractivity contribution in [2.24, 2.45) is 5.92 Å². The van der Waals surface area contributed by atoms with Gasteiger partial charge in [-0.25, -0.2) is 0 Å². The number of rotatable bonds is 2. The van der Waals surface area contributed by atoms with Gasteiger partial charge in [-0.15, -0.1) is 0 Å². The van der Waals surface area contributed by atoms with Gasteiger partial charge in [0.2, 0.25) is 0 Å². The summed E-state index contributed by atoms with van der Waals surface area (Å²) in [6.45, 7) is 11.8. The normalized spacial score (nSPS) is 29.8. The van der Waals surface area contributed by atoms with E-state index in [0.29, 0.717) is 11.3 Å². The van der Waals surface area contributed by atoms with Crippen LogP contribution >= 0.6 is 0 Å². The minimum Gasteiger partial charge on any atom is -0.306 e. The minimum atomic E-state index is 0.345. The maximum atomic E-state index is 2.46. The van der Waals surface area contributed by atoms with Crippen LogP contribution in [0.1, 0.15) is 51.2 Å². The van der Waals surface area contributed by atoms with E-state index < -0.39 is 0 Å². The van der Waals surface area contributed by atoms with Crippen LogP contribution in [0.3, 0.4) is 0 Å². The van der Waals surface area contributed by atoms with Gasteiger partial charge in [-0.1, -0.05) is 52.0 Å². The van der Waals surface area contributed by atoms with Crippen molar-refractivity contribution in [2.75, 3.05) is 20.1 Å². The molecule has 0 amide bonds. The Morgan fingerprint density at radius 2 is 2.06 bits per heavy atom. The topological polar surface area (TPSA) is 3.24 Å². The maximum Gasteiger partial charge on any atom is 0.00124 e. The molecule has 0 spiro atoms. The highest BCUT2D eigenvalue weighted by Crippen LogP contribution is 2.39. The second-order valence-corrected chi connectivity index (χ2v) is 6.61. The van der Waals surface area contributed by atoms with Crippen molar-refractivity contribution in [1.82, 2.24) is 4.90 Å². The first-order valence-corrected chi connectivity index (χ1v) is 7.22. The molecule has 1 heteroatoms. The Labute approximate surface area is 112 Å². The molecule has 100 valence electrons. The van der Waals surface area contributed by atoms with E-state index in [1.54, 1.807) is 0 Å². The fourth-order valence-corrected chi connectivity index (χ4v) is 3.11. The van der Waals surface area contributed by atoms with Gasteiger partial charge in [0, 0.05) is 6.54 Å². The van der Waals surface area contributed by atoms with Gasteiger partial charge in [-0.2, -0.15) is 0 Å². The van der Waals surface area contributed by atoms with Crippen LogP contribution in [0.2, 0.25) is 0 Å². The highest BCUT2D eigenvalue weighted by molar-refractivity contribution is 5.32. The molecule has 2 rings (SSSR count). The summed E-state index contributed by atoms with van der Waals surface area (Å²) < 4.78 is 0. The average Bonchev–Trinajstić information content (AvgIpc) is 2.34. The molecule has 0 aliphatic carbocycles. The summed E-state index contributed by atoms with van der Waals surface area (Å²) in [6, 6.07) is 9.26. The lowest BCUT2D eigenvalue weighted by molar-refractivity contribution is 0.134. The molecule has 2 unspecified atom stereocenters. The summed E-state index contributed by atoms with van der Waals surface area (Å²) in [4.78, 5) is 2.46. The van der Waals surface area contributed by atoms with Gasteiger partial charge in [-0.3, -0.25) is 0 Å². The third-order valence-electron chi connectivity index (χ3n) is 4.90. The van der Waals surface area contributed by atoms with Crippen LogP contribution in [0.5, 0.6) is 0 Å². The molecule has 1 aromatic carbocycles. The van der Waals surface area contributed by atoms with E-state index in [1.807, 2.05) is 0 Å². The molecule has 1 fully saturated rings. The molecule has 1 aliphatic heterocycles. The summed E-state index contributed by atoms with van der Waals surface area (Å²) in [7, 11) is 2.24. The monoisotopic (exact) mass is 245 g/mol. The van der Waals surface area contributed by atoms with Crippen LogP contribution in [0.15, 0.2) is 24.3 Å². The highest BCUT2D eigenvalue weighted by Gasteiger charge is 2.36. The molecule has 1 heterocycles. The van der Waals surface area contributed by atoms with E-state index in [9.17, 15) is 0 Å². The van der Waals surface area contributed by atoms with Crippen molar-refractivity contribution in [3.05, 3.63) is 35.4 Å². The first-order valence-electron chi connectivity index (χ1n) is 7.22. The Kier molecular flexibility index (Phi) is 3.82. The van der Waals surface area contributed by atoms with Gasteiger partial charge in [0.05, 0.1) is 0 Å². The van der Waals surface area contributed by atoms with Crippen molar-refractivity contribution in [3.63, 3.8) is 0 Å². The molecule has 0 radical (unpaired) electrons. The smallest absolute Gasteiger partial charge is 0.00124 e. The zero-order chi connectivity index (χ0) is 13.3. The van der Waals surface area contributed by atoms with Crippen LogP contribution in [0.25, 0.3) is 0 Å². The summed E-state index contributed by atoms with van der Waals surface area (Å²) in [5.41, 5.74) is 3.35. The third-order valence-corrected chi connectivity index (χ3v) is 4.90. The van der Waals surface area contributed by atoms with Crippen molar-refractivity contribution in [1.29, 1.82) is 0 Å². The Bertz CT molecular complexity index is 410. The van der Waals surface area contributed by atoms with Gasteiger partial charge in [-0.05, 0) is 48.4 Å². The summed E-state index contributed by atoms with van der Waals surface area (Å²) in [5.74, 6) is 1.34. The van der Waals surface area contributed by atoms with E-state index in [-0.39, 0.29) is 0 Å². The lowest BCUT2D eigenvalue weighted by atomic mass is 9.67. The van der Waals surface area contributed by atoms with Crippen LogP contribution in [0, 0.1) is 5.92 Å². The Morgan fingerprint density at radius 3 is 2.67 bits per heavy atom. The zero-order valence-corrected chi connectivity index (χ0v) is 12.5. The Morgan fingerprint density at radius 1 is 1.33 bits per heavy atom. The molecule has 1 aliphatic rings. The number of nitrogens with zero attached hydrogens (tertiary/aromatic N) is 1. The molecule has 0 saturated carbocycles. The largest absolute Gasteiger partial charge is 0.306 e. The molecule has 2 atom stereocenters. The maximum absolute atomic E-state index is 2.46. The van der Waals surface area contributed by atoms with E-state index in [2.05, 4.69) is 63.9 Å². The standard InChI is InChI=1S/C17H27N/c1-13(2)15-7-6-8-16(11-15)17(4)9-10-18(5)12-14(17)3/h6-8,11,13-14H,9-10,12H2,1-5H3. The Hall–Kier alpha value is -0.820. The van der Waals surface area contributed by atoms with E-state index in [0.717, 1.165) is 5.92 Å². The fraction of sp³-hybridized carbons (Fsp3) is 0.647. The highest BCUT2D eigenvalue weighted by atomic mass is 15.1. The van der Waals surface area contributed by atoms with Crippen LogP contribution in [-0.2, 0) is 5.41 Å². The van der Waals surface area contributed by atoms with Crippen molar-refractivity contribution >= 4 is 0 Å². The molecule has 18 heavy (non-hydrogen) atoms. The van der Waals surface area contributed by atoms with Crippen molar-refractivity contribution in [3.8, 4) is 0 Å². The second-order valence-electron chi connectivity index (χ2n) is 6.61. The van der Waals surface area contributed by atoms with Gasteiger partial charge < -0.3 is 4.90 Å². The van der Waals surface area contributed by atoms with Crippen molar-refractivity contribution in [2.45, 2.75) is 45.4 Å². The zero-order valence-electron chi connectivity index (χ0n) is 12.5. The fourth-order valence-electron chi connectivity index (χ4n) is 3.11.